The monoisotopic (exact) mass is 266 g/mol. The molecule has 2 saturated carbocycles. The summed E-state index contributed by atoms with van der Waals surface area (Å²) in [4.78, 5) is 0. The number of rotatable bonds is 5. The van der Waals surface area contributed by atoms with Gasteiger partial charge in [-0.3, -0.25) is 0 Å². The van der Waals surface area contributed by atoms with Crippen molar-refractivity contribution in [3.05, 3.63) is 0 Å². The molecule has 112 valence electrons. The smallest absolute Gasteiger partial charge is 0.0575 e. The summed E-state index contributed by atoms with van der Waals surface area (Å²) in [6.07, 6.45) is 13.3. The van der Waals surface area contributed by atoms with Crippen LogP contribution < -0.4 is 0 Å². The molecule has 0 radical (unpaired) electrons. The molecule has 0 bridgehead atoms. The number of hydrogen-bond donors (Lipinski definition) is 0. The summed E-state index contributed by atoms with van der Waals surface area (Å²) in [7, 11) is 0. The van der Waals surface area contributed by atoms with E-state index in [-0.39, 0.29) is 0 Å². The van der Waals surface area contributed by atoms with E-state index in [0.717, 1.165) is 30.3 Å². The van der Waals surface area contributed by atoms with Crippen LogP contribution in [-0.2, 0) is 4.74 Å². The van der Waals surface area contributed by atoms with Crippen molar-refractivity contribution in [2.75, 3.05) is 6.61 Å². The lowest BCUT2D eigenvalue weighted by atomic mass is 9.71. The fourth-order valence-electron chi connectivity index (χ4n) is 3.90. The van der Waals surface area contributed by atoms with Crippen LogP contribution in [-0.4, -0.2) is 12.7 Å². The minimum atomic E-state index is 0.577. The van der Waals surface area contributed by atoms with Crippen LogP contribution >= 0.6 is 0 Å². The van der Waals surface area contributed by atoms with Crippen LogP contribution in [0.3, 0.4) is 0 Å². The molecule has 0 N–H and O–H groups in total. The Balaban J connectivity index is 1.65. The summed E-state index contributed by atoms with van der Waals surface area (Å²) < 4.78 is 6.09. The van der Waals surface area contributed by atoms with E-state index in [1.54, 1.807) is 0 Å². The molecule has 1 heteroatoms. The summed E-state index contributed by atoms with van der Waals surface area (Å²) >= 11 is 0. The van der Waals surface area contributed by atoms with Crippen molar-refractivity contribution < 1.29 is 4.74 Å². The Labute approximate surface area is 120 Å². The molecule has 2 rings (SSSR count). The van der Waals surface area contributed by atoms with Gasteiger partial charge in [0.15, 0.2) is 0 Å². The Morgan fingerprint density at radius 1 is 0.895 bits per heavy atom. The topological polar surface area (TPSA) is 9.23 Å². The van der Waals surface area contributed by atoms with Crippen LogP contribution in [0.15, 0.2) is 0 Å². The van der Waals surface area contributed by atoms with Crippen molar-refractivity contribution >= 4 is 0 Å². The third-order valence-electron chi connectivity index (χ3n) is 5.76. The lowest BCUT2D eigenvalue weighted by Gasteiger charge is -2.37. The summed E-state index contributed by atoms with van der Waals surface area (Å²) in [5.41, 5.74) is 0. The van der Waals surface area contributed by atoms with E-state index in [1.165, 1.54) is 57.8 Å². The molecular formula is C18H34O. The third-order valence-corrected chi connectivity index (χ3v) is 5.76. The van der Waals surface area contributed by atoms with Gasteiger partial charge < -0.3 is 4.74 Å². The van der Waals surface area contributed by atoms with E-state index in [2.05, 4.69) is 20.8 Å². The van der Waals surface area contributed by atoms with Crippen molar-refractivity contribution in [3.63, 3.8) is 0 Å². The van der Waals surface area contributed by atoms with Gasteiger partial charge >= 0.3 is 0 Å². The van der Waals surface area contributed by atoms with Crippen LogP contribution in [0.2, 0.25) is 0 Å². The van der Waals surface area contributed by atoms with Crippen molar-refractivity contribution in [2.45, 2.75) is 84.7 Å². The van der Waals surface area contributed by atoms with Gasteiger partial charge in [-0.2, -0.15) is 0 Å². The Hall–Kier alpha value is -0.0400. The van der Waals surface area contributed by atoms with E-state index in [1.807, 2.05) is 0 Å². The minimum absolute atomic E-state index is 0.577. The maximum absolute atomic E-state index is 6.09. The highest BCUT2D eigenvalue weighted by Crippen LogP contribution is 2.40. The third kappa shape index (κ3) is 4.77. The highest BCUT2D eigenvalue weighted by Gasteiger charge is 2.30. The van der Waals surface area contributed by atoms with E-state index in [9.17, 15) is 0 Å². The second-order valence-corrected chi connectivity index (χ2v) is 7.40. The summed E-state index contributed by atoms with van der Waals surface area (Å²) in [6, 6.07) is 0. The zero-order valence-corrected chi connectivity index (χ0v) is 13.4. The standard InChI is InChI=1S/C18H34O/c1-4-14(2)13-19-18-11-9-17(10-12-18)16-7-5-15(3)6-8-16/h14-18H,4-13H2,1-3H3. The Morgan fingerprint density at radius 2 is 1.42 bits per heavy atom. The average Bonchev–Trinajstić information content (AvgIpc) is 2.46. The molecule has 0 saturated heterocycles. The molecule has 19 heavy (non-hydrogen) atoms. The number of ether oxygens (including phenoxy) is 1. The van der Waals surface area contributed by atoms with Crippen molar-refractivity contribution in [3.8, 4) is 0 Å². The second kappa shape index (κ2) is 7.67. The fraction of sp³-hybridized carbons (Fsp3) is 1.00. The predicted octanol–water partition coefficient (Wildman–Crippen LogP) is 5.43. The van der Waals surface area contributed by atoms with Crippen LogP contribution in [0, 0.1) is 23.7 Å². The Morgan fingerprint density at radius 3 is 1.95 bits per heavy atom. The first-order valence-electron chi connectivity index (χ1n) is 8.80. The van der Waals surface area contributed by atoms with Crippen LogP contribution in [0.5, 0.6) is 0 Å². The number of hydrogen-bond acceptors (Lipinski definition) is 1. The van der Waals surface area contributed by atoms with E-state index in [4.69, 9.17) is 4.74 Å². The first-order chi connectivity index (χ1) is 9.19. The maximum Gasteiger partial charge on any atom is 0.0575 e. The van der Waals surface area contributed by atoms with Crippen LogP contribution in [0.25, 0.3) is 0 Å². The van der Waals surface area contributed by atoms with Gasteiger partial charge in [0.25, 0.3) is 0 Å². The quantitative estimate of drug-likeness (QED) is 0.644. The largest absolute Gasteiger partial charge is 0.378 e. The van der Waals surface area contributed by atoms with Crippen molar-refractivity contribution in [2.24, 2.45) is 23.7 Å². The van der Waals surface area contributed by atoms with Crippen LogP contribution in [0.1, 0.15) is 78.6 Å². The van der Waals surface area contributed by atoms with Gasteiger partial charge in [0.1, 0.15) is 0 Å². The maximum atomic E-state index is 6.09. The lowest BCUT2D eigenvalue weighted by Crippen LogP contribution is -2.29. The molecule has 0 heterocycles. The molecule has 0 aliphatic heterocycles. The Kier molecular flexibility index (Phi) is 6.19. The van der Waals surface area contributed by atoms with E-state index in [0.29, 0.717) is 6.10 Å². The van der Waals surface area contributed by atoms with Gasteiger partial charge in [0.2, 0.25) is 0 Å². The molecule has 0 spiro atoms. The van der Waals surface area contributed by atoms with Crippen LogP contribution in [0.4, 0.5) is 0 Å². The van der Waals surface area contributed by atoms with Gasteiger partial charge in [0, 0.05) is 6.61 Å². The molecule has 0 aromatic rings. The molecule has 0 aromatic heterocycles. The highest BCUT2D eigenvalue weighted by molar-refractivity contribution is 4.81. The van der Waals surface area contributed by atoms with Gasteiger partial charge in [-0.05, 0) is 62.2 Å². The minimum Gasteiger partial charge on any atom is -0.378 e. The van der Waals surface area contributed by atoms with Gasteiger partial charge in [-0.25, -0.2) is 0 Å². The summed E-state index contributed by atoms with van der Waals surface area (Å²) in [6.45, 7) is 7.96. The molecule has 2 fully saturated rings. The normalized spacial score (nSPS) is 38.1. The SMILES string of the molecule is CCC(C)COC1CCC(C2CCC(C)CC2)CC1. The second-order valence-electron chi connectivity index (χ2n) is 7.40. The molecule has 1 unspecified atom stereocenters. The van der Waals surface area contributed by atoms with Gasteiger partial charge in [-0.15, -0.1) is 0 Å². The fourth-order valence-corrected chi connectivity index (χ4v) is 3.90. The highest BCUT2D eigenvalue weighted by atomic mass is 16.5. The zero-order valence-electron chi connectivity index (χ0n) is 13.4. The van der Waals surface area contributed by atoms with E-state index < -0.39 is 0 Å². The zero-order chi connectivity index (χ0) is 13.7. The van der Waals surface area contributed by atoms with E-state index >= 15 is 0 Å². The lowest BCUT2D eigenvalue weighted by molar-refractivity contribution is -0.00724. The predicted molar refractivity (Wildman–Crippen MR) is 82.3 cm³/mol. The van der Waals surface area contributed by atoms with Crippen molar-refractivity contribution in [1.82, 2.24) is 0 Å². The summed E-state index contributed by atoms with van der Waals surface area (Å²) in [5.74, 6) is 3.80. The van der Waals surface area contributed by atoms with Crippen molar-refractivity contribution in [1.29, 1.82) is 0 Å². The molecular weight excluding hydrogens is 232 g/mol. The molecule has 1 nitrogen and oxygen atoms in total. The van der Waals surface area contributed by atoms with Gasteiger partial charge in [-0.1, -0.05) is 40.0 Å². The Bertz CT molecular complexity index is 234. The molecule has 1 atom stereocenters. The molecule has 0 amide bonds. The first-order valence-corrected chi connectivity index (χ1v) is 8.80. The average molecular weight is 266 g/mol. The molecule has 2 aliphatic carbocycles. The summed E-state index contributed by atoms with van der Waals surface area (Å²) in [5, 5.41) is 0. The first kappa shape index (κ1) is 15.4. The molecule has 2 aliphatic rings. The van der Waals surface area contributed by atoms with Gasteiger partial charge in [0.05, 0.1) is 6.10 Å². The molecule has 0 aromatic carbocycles.